The van der Waals surface area contributed by atoms with Gasteiger partial charge in [0.2, 0.25) is 5.91 Å². The number of ether oxygens (including phenoxy) is 1. The summed E-state index contributed by atoms with van der Waals surface area (Å²) in [5.74, 6) is 1.39. The molecule has 0 bridgehead atoms. The van der Waals surface area contributed by atoms with Gasteiger partial charge in [-0.05, 0) is 31.0 Å². The Kier molecular flexibility index (Phi) is 3.42. The van der Waals surface area contributed by atoms with Crippen LogP contribution in [0.4, 0.5) is 5.69 Å². The van der Waals surface area contributed by atoms with Gasteiger partial charge in [-0.15, -0.1) is 0 Å². The van der Waals surface area contributed by atoms with Crippen LogP contribution in [0.1, 0.15) is 20.3 Å². The number of fused-ring (bicyclic) bond motifs is 1. The highest BCUT2D eigenvalue weighted by atomic mass is 16.5. The Bertz CT molecular complexity index is 507. The van der Waals surface area contributed by atoms with Gasteiger partial charge in [0.1, 0.15) is 12.4 Å². The van der Waals surface area contributed by atoms with E-state index in [9.17, 15) is 4.79 Å². The fourth-order valence-corrected chi connectivity index (χ4v) is 3.28. The van der Waals surface area contributed by atoms with Crippen molar-refractivity contribution in [2.75, 3.05) is 31.1 Å². The van der Waals surface area contributed by atoms with Crippen LogP contribution < -0.4 is 15.0 Å². The molecule has 1 atom stereocenters. The predicted octanol–water partition coefficient (Wildman–Crippen LogP) is 2.05. The molecule has 2 aliphatic rings. The van der Waals surface area contributed by atoms with E-state index in [0.717, 1.165) is 30.9 Å². The zero-order chi connectivity index (χ0) is 14.2. The molecule has 1 aromatic rings. The summed E-state index contributed by atoms with van der Waals surface area (Å²) in [7, 11) is 0. The van der Waals surface area contributed by atoms with Crippen molar-refractivity contribution in [3.8, 4) is 5.75 Å². The van der Waals surface area contributed by atoms with Crippen LogP contribution in [0.25, 0.3) is 0 Å². The van der Waals surface area contributed by atoms with E-state index in [1.807, 2.05) is 29.2 Å². The highest BCUT2D eigenvalue weighted by Crippen LogP contribution is 2.40. The van der Waals surface area contributed by atoms with Crippen LogP contribution in [0.2, 0.25) is 0 Å². The van der Waals surface area contributed by atoms with Gasteiger partial charge < -0.3 is 15.0 Å². The molecule has 0 saturated carbocycles. The lowest BCUT2D eigenvalue weighted by Crippen LogP contribution is -2.50. The first kappa shape index (κ1) is 13.4. The summed E-state index contributed by atoms with van der Waals surface area (Å²) >= 11 is 0. The lowest BCUT2D eigenvalue weighted by molar-refractivity contribution is -0.129. The van der Waals surface area contributed by atoms with Gasteiger partial charge in [-0.25, -0.2) is 0 Å². The molecule has 2 heterocycles. The minimum Gasteiger partial charge on any atom is -0.490 e. The van der Waals surface area contributed by atoms with Crippen LogP contribution in [0, 0.1) is 11.3 Å². The number of amides is 1. The SMILES string of the molecule is CC(C)C1(C(=O)N2CCOc3ccccc32)CCNC1. The third kappa shape index (κ3) is 1.99. The zero-order valence-electron chi connectivity index (χ0n) is 12.2. The summed E-state index contributed by atoms with van der Waals surface area (Å²) in [6.07, 6.45) is 0.920. The second kappa shape index (κ2) is 5.09. The average Bonchev–Trinajstić information content (AvgIpc) is 2.97. The van der Waals surface area contributed by atoms with Gasteiger partial charge in [0.05, 0.1) is 17.6 Å². The van der Waals surface area contributed by atoms with Gasteiger partial charge in [-0.2, -0.15) is 0 Å². The number of nitrogens with one attached hydrogen (secondary N) is 1. The summed E-state index contributed by atoms with van der Waals surface area (Å²) in [5, 5.41) is 3.36. The molecule has 4 nitrogen and oxygen atoms in total. The molecule has 0 radical (unpaired) electrons. The number of anilines is 1. The van der Waals surface area contributed by atoms with E-state index in [0.29, 0.717) is 19.1 Å². The number of carbonyl (C=O) groups excluding carboxylic acids is 1. The first-order valence-electron chi connectivity index (χ1n) is 7.40. The van der Waals surface area contributed by atoms with E-state index < -0.39 is 0 Å². The number of rotatable bonds is 2. The maximum Gasteiger partial charge on any atom is 0.235 e. The standard InChI is InChI=1S/C16H22N2O2/c1-12(2)16(7-8-17-11-16)15(19)18-9-10-20-14-6-4-3-5-13(14)18/h3-6,12,17H,7-11H2,1-2H3. The van der Waals surface area contributed by atoms with Gasteiger partial charge >= 0.3 is 0 Å². The second-order valence-electron chi connectivity index (χ2n) is 6.01. The molecule has 1 amide bonds. The summed E-state index contributed by atoms with van der Waals surface area (Å²) in [4.78, 5) is 15.1. The van der Waals surface area contributed by atoms with Gasteiger partial charge in [0.15, 0.2) is 0 Å². The van der Waals surface area contributed by atoms with E-state index >= 15 is 0 Å². The number of para-hydroxylation sites is 2. The van der Waals surface area contributed by atoms with Gasteiger partial charge in [-0.1, -0.05) is 26.0 Å². The van der Waals surface area contributed by atoms with Crippen LogP contribution in [-0.4, -0.2) is 32.1 Å². The Balaban J connectivity index is 1.95. The first-order valence-corrected chi connectivity index (χ1v) is 7.40. The Morgan fingerprint density at radius 3 is 2.90 bits per heavy atom. The molecule has 108 valence electrons. The van der Waals surface area contributed by atoms with Crippen LogP contribution in [0.5, 0.6) is 5.75 Å². The van der Waals surface area contributed by atoms with Crippen LogP contribution >= 0.6 is 0 Å². The van der Waals surface area contributed by atoms with Crippen molar-refractivity contribution < 1.29 is 9.53 Å². The molecular weight excluding hydrogens is 252 g/mol. The summed E-state index contributed by atoms with van der Waals surface area (Å²) in [5.41, 5.74) is 0.639. The maximum absolute atomic E-state index is 13.2. The molecule has 0 spiro atoms. The molecular formula is C16H22N2O2. The molecule has 0 aromatic heterocycles. The van der Waals surface area contributed by atoms with E-state index in [4.69, 9.17) is 4.74 Å². The Hall–Kier alpha value is -1.55. The molecule has 1 unspecified atom stereocenters. The molecule has 1 saturated heterocycles. The summed E-state index contributed by atoms with van der Waals surface area (Å²) in [6, 6.07) is 7.82. The average molecular weight is 274 g/mol. The minimum absolute atomic E-state index is 0.244. The quantitative estimate of drug-likeness (QED) is 0.897. The van der Waals surface area contributed by atoms with E-state index in [-0.39, 0.29) is 11.3 Å². The monoisotopic (exact) mass is 274 g/mol. The molecule has 3 rings (SSSR count). The number of carbonyl (C=O) groups is 1. The topological polar surface area (TPSA) is 41.6 Å². The van der Waals surface area contributed by atoms with Crippen molar-refractivity contribution in [2.45, 2.75) is 20.3 Å². The molecule has 1 aromatic carbocycles. The summed E-state index contributed by atoms with van der Waals surface area (Å²) < 4.78 is 5.65. The van der Waals surface area contributed by atoms with Crippen LogP contribution in [0.3, 0.4) is 0 Å². The van der Waals surface area contributed by atoms with E-state index in [2.05, 4.69) is 19.2 Å². The zero-order valence-corrected chi connectivity index (χ0v) is 12.2. The van der Waals surface area contributed by atoms with Gasteiger partial charge in [-0.3, -0.25) is 4.79 Å². The Morgan fingerprint density at radius 2 is 2.20 bits per heavy atom. The van der Waals surface area contributed by atoms with E-state index in [1.54, 1.807) is 0 Å². The summed E-state index contributed by atoms with van der Waals surface area (Å²) in [6.45, 7) is 7.22. The smallest absolute Gasteiger partial charge is 0.235 e. The fourth-order valence-electron chi connectivity index (χ4n) is 3.28. The molecule has 1 N–H and O–H groups in total. The normalized spacial score (nSPS) is 25.4. The Labute approximate surface area is 120 Å². The van der Waals surface area contributed by atoms with Crippen LogP contribution in [-0.2, 0) is 4.79 Å². The number of nitrogens with zero attached hydrogens (tertiary/aromatic N) is 1. The fraction of sp³-hybridized carbons (Fsp3) is 0.562. The Morgan fingerprint density at radius 1 is 1.40 bits per heavy atom. The molecule has 4 heteroatoms. The predicted molar refractivity (Wildman–Crippen MR) is 79.0 cm³/mol. The van der Waals surface area contributed by atoms with Gasteiger partial charge in [0.25, 0.3) is 0 Å². The third-order valence-electron chi connectivity index (χ3n) is 4.69. The van der Waals surface area contributed by atoms with Gasteiger partial charge in [0, 0.05) is 6.54 Å². The maximum atomic E-state index is 13.2. The lowest BCUT2D eigenvalue weighted by Gasteiger charge is -2.39. The number of benzene rings is 1. The number of hydrogen-bond acceptors (Lipinski definition) is 3. The van der Waals surface area contributed by atoms with Crippen LogP contribution in [0.15, 0.2) is 24.3 Å². The molecule has 0 aliphatic carbocycles. The first-order chi connectivity index (χ1) is 9.65. The van der Waals surface area contributed by atoms with Crippen molar-refractivity contribution in [1.29, 1.82) is 0 Å². The largest absolute Gasteiger partial charge is 0.490 e. The highest BCUT2D eigenvalue weighted by molar-refractivity contribution is 5.99. The number of hydrogen-bond donors (Lipinski definition) is 1. The third-order valence-corrected chi connectivity index (χ3v) is 4.69. The van der Waals surface area contributed by atoms with Crippen molar-refractivity contribution in [2.24, 2.45) is 11.3 Å². The second-order valence-corrected chi connectivity index (χ2v) is 6.01. The molecule has 20 heavy (non-hydrogen) atoms. The lowest BCUT2D eigenvalue weighted by atomic mass is 9.75. The minimum atomic E-state index is -0.273. The molecule has 1 fully saturated rings. The van der Waals surface area contributed by atoms with Crippen molar-refractivity contribution in [3.05, 3.63) is 24.3 Å². The van der Waals surface area contributed by atoms with Crippen molar-refractivity contribution in [3.63, 3.8) is 0 Å². The molecule has 2 aliphatic heterocycles. The highest BCUT2D eigenvalue weighted by Gasteiger charge is 2.47. The van der Waals surface area contributed by atoms with Crippen molar-refractivity contribution in [1.82, 2.24) is 5.32 Å². The van der Waals surface area contributed by atoms with E-state index in [1.165, 1.54) is 0 Å². The van der Waals surface area contributed by atoms with Crippen molar-refractivity contribution >= 4 is 11.6 Å².